The molecule has 0 aromatic rings. The summed E-state index contributed by atoms with van der Waals surface area (Å²) < 4.78 is 0. The Kier molecular flexibility index (Phi) is 3.29. The number of rotatable bonds is 1. The average Bonchev–Trinajstić information content (AvgIpc) is 2.29. The van der Waals surface area contributed by atoms with Crippen LogP contribution in [0.1, 0.15) is 39.0 Å². The van der Waals surface area contributed by atoms with Crippen LogP contribution in [0.15, 0.2) is 0 Å². The van der Waals surface area contributed by atoms with Gasteiger partial charge in [0.25, 0.3) is 0 Å². The normalized spacial score (nSPS) is 31.9. The third-order valence-corrected chi connectivity index (χ3v) is 3.88. The Morgan fingerprint density at radius 2 is 2.20 bits per heavy atom. The maximum Gasteiger partial charge on any atom is 0.222 e. The molecular formula is C12H22N2O. The second kappa shape index (κ2) is 4.52. The first-order valence-corrected chi connectivity index (χ1v) is 6.24. The van der Waals surface area contributed by atoms with Crippen LogP contribution in [0.4, 0.5) is 0 Å². The van der Waals surface area contributed by atoms with E-state index in [1.54, 1.807) is 0 Å². The van der Waals surface area contributed by atoms with Gasteiger partial charge in [0.15, 0.2) is 0 Å². The fourth-order valence-corrected chi connectivity index (χ4v) is 3.02. The van der Waals surface area contributed by atoms with Crippen molar-refractivity contribution in [1.29, 1.82) is 0 Å². The highest BCUT2D eigenvalue weighted by atomic mass is 16.2. The van der Waals surface area contributed by atoms with Crippen molar-refractivity contribution in [2.24, 2.45) is 5.41 Å². The fourth-order valence-electron chi connectivity index (χ4n) is 3.02. The first kappa shape index (κ1) is 10.9. The van der Waals surface area contributed by atoms with Crippen LogP contribution in [-0.2, 0) is 4.79 Å². The molecule has 3 heteroatoms. The van der Waals surface area contributed by atoms with Crippen molar-refractivity contribution in [2.45, 2.75) is 39.0 Å². The molecule has 2 heterocycles. The Morgan fingerprint density at radius 1 is 1.40 bits per heavy atom. The van der Waals surface area contributed by atoms with Gasteiger partial charge >= 0.3 is 0 Å². The van der Waals surface area contributed by atoms with E-state index in [0.717, 1.165) is 26.2 Å². The summed E-state index contributed by atoms with van der Waals surface area (Å²) in [5.41, 5.74) is 0.404. The lowest BCUT2D eigenvalue weighted by Gasteiger charge is -2.45. The average molecular weight is 210 g/mol. The number of nitrogens with one attached hydrogen (secondary N) is 1. The first-order valence-electron chi connectivity index (χ1n) is 6.24. The molecule has 0 bridgehead atoms. The molecule has 1 unspecified atom stereocenters. The van der Waals surface area contributed by atoms with Crippen LogP contribution in [-0.4, -0.2) is 37.0 Å². The van der Waals surface area contributed by atoms with E-state index in [2.05, 4.69) is 10.2 Å². The number of carbonyl (C=O) groups excluding carboxylic acids is 1. The van der Waals surface area contributed by atoms with E-state index >= 15 is 0 Å². The summed E-state index contributed by atoms with van der Waals surface area (Å²) in [6, 6.07) is 0. The van der Waals surface area contributed by atoms with E-state index < -0.39 is 0 Å². The summed E-state index contributed by atoms with van der Waals surface area (Å²) in [7, 11) is 0. The molecule has 1 N–H and O–H groups in total. The number of piperidine rings is 2. The Hall–Kier alpha value is -0.570. The van der Waals surface area contributed by atoms with Gasteiger partial charge < -0.3 is 10.2 Å². The standard InChI is InChI=1S/C12H22N2O/c1-2-11(15)14-8-4-6-12(10-14)5-3-7-13-9-12/h13H,2-10H2,1H3. The van der Waals surface area contributed by atoms with Crippen LogP contribution in [0.25, 0.3) is 0 Å². The molecule has 15 heavy (non-hydrogen) atoms. The molecule has 1 amide bonds. The van der Waals surface area contributed by atoms with Gasteiger partial charge in [-0.05, 0) is 32.2 Å². The van der Waals surface area contributed by atoms with Gasteiger partial charge in [0, 0.05) is 31.5 Å². The van der Waals surface area contributed by atoms with Crippen molar-refractivity contribution >= 4 is 5.91 Å². The van der Waals surface area contributed by atoms with Gasteiger partial charge in [0.05, 0.1) is 0 Å². The van der Waals surface area contributed by atoms with Crippen LogP contribution in [0.3, 0.4) is 0 Å². The van der Waals surface area contributed by atoms with Crippen LogP contribution in [0, 0.1) is 5.41 Å². The van der Waals surface area contributed by atoms with Gasteiger partial charge in [-0.3, -0.25) is 4.79 Å². The van der Waals surface area contributed by atoms with Crippen molar-refractivity contribution in [3.8, 4) is 0 Å². The fraction of sp³-hybridized carbons (Fsp3) is 0.917. The molecule has 2 aliphatic rings. The van der Waals surface area contributed by atoms with E-state index in [9.17, 15) is 4.79 Å². The zero-order chi connectivity index (χ0) is 10.7. The minimum Gasteiger partial charge on any atom is -0.342 e. The van der Waals surface area contributed by atoms with Gasteiger partial charge in [-0.15, -0.1) is 0 Å². The van der Waals surface area contributed by atoms with Crippen molar-refractivity contribution in [2.75, 3.05) is 26.2 Å². The lowest BCUT2D eigenvalue weighted by Crippen LogP contribution is -2.52. The maximum atomic E-state index is 11.7. The maximum absolute atomic E-state index is 11.7. The van der Waals surface area contributed by atoms with Crippen LogP contribution >= 0.6 is 0 Å². The number of carbonyl (C=O) groups is 1. The zero-order valence-electron chi connectivity index (χ0n) is 9.72. The summed E-state index contributed by atoms with van der Waals surface area (Å²) in [4.78, 5) is 13.8. The SMILES string of the molecule is CCC(=O)N1CCCC2(CCCNC2)C1. The van der Waals surface area contributed by atoms with Crippen molar-refractivity contribution in [3.63, 3.8) is 0 Å². The summed E-state index contributed by atoms with van der Waals surface area (Å²) in [5.74, 6) is 0.333. The minimum atomic E-state index is 0.333. The van der Waals surface area contributed by atoms with E-state index in [4.69, 9.17) is 0 Å². The van der Waals surface area contributed by atoms with E-state index in [1.165, 1.54) is 25.7 Å². The van der Waals surface area contributed by atoms with Crippen molar-refractivity contribution in [1.82, 2.24) is 10.2 Å². The molecule has 2 saturated heterocycles. The predicted molar refractivity (Wildman–Crippen MR) is 60.6 cm³/mol. The largest absolute Gasteiger partial charge is 0.342 e. The topological polar surface area (TPSA) is 32.3 Å². The van der Waals surface area contributed by atoms with Crippen molar-refractivity contribution in [3.05, 3.63) is 0 Å². The molecule has 0 aliphatic carbocycles. The van der Waals surface area contributed by atoms with Crippen LogP contribution in [0.5, 0.6) is 0 Å². The Morgan fingerprint density at radius 3 is 2.87 bits per heavy atom. The Labute approximate surface area is 92.2 Å². The highest BCUT2D eigenvalue weighted by Crippen LogP contribution is 2.35. The van der Waals surface area contributed by atoms with Crippen molar-refractivity contribution < 1.29 is 4.79 Å². The van der Waals surface area contributed by atoms with E-state index in [-0.39, 0.29) is 0 Å². The Balaban J connectivity index is 1.99. The number of likely N-dealkylation sites (tertiary alicyclic amines) is 1. The molecule has 0 aromatic heterocycles. The molecule has 2 aliphatic heterocycles. The van der Waals surface area contributed by atoms with Gasteiger partial charge in [0.1, 0.15) is 0 Å². The third-order valence-electron chi connectivity index (χ3n) is 3.88. The second-order valence-corrected chi connectivity index (χ2v) is 5.05. The number of amides is 1. The molecule has 3 nitrogen and oxygen atoms in total. The molecule has 1 atom stereocenters. The van der Waals surface area contributed by atoms with E-state index in [1.807, 2.05) is 6.92 Å². The molecule has 0 radical (unpaired) electrons. The van der Waals surface area contributed by atoms with Crippen LogP contribution in [0.2, 0.25) is 0 Å². The van der Waals surface area contributed by atoms with Gasteiger partial charge in [-0.2, -0.15) is 0 Å². The molecule has 1 spiro atoms. The lowest BCUT2D eigenvalue weighted by atomic mass is 9.74. The molecule has 0 aromatic carbocycles. The summed E-state index contributed by atoms with van der Waals surface area (Å²) in [6.45, 7) is 6.20. The van der Waals surface area contributed by atoms with Gasteiger partial charge in [-0.1, -0.05) is 6.92 Å². The third kappa shape index (κ3) is 2.33. The number of hydrogen-bond donors (Lipinski definition) is 1. The summed E-state index contributed by atoms with van der Waals surface area (Å²) >= 11 is 0. The first-order chi connectivity index (χ1) is 7.26. The van der Waals surface area contributed by atoms with Gasteiger partial charge in [-0.25, -0.2) is 0 Å². The predicted octanol–water partition coefficient (Wildman–Crippen LogP) is 1.39. The molecule has 2 fully saturated rings. The minimum absolute atomic E-state index is 0.333. The second-order valence-electron chi connectivity index (χ2n) is 5.05. The zero-order valence-corrected chi connectivity index (χ0v) is 9.72. The highest BCUT2D eigenvalue weighted by molar-refractivity contribution is 5.75. The van der Waals surface area contributed by atoms with Gasteiger partial charge in [0.2, 0.25) is 5.91 Å². The molecule has 86 valence electrons. The monoisotopic (exact) mass is 210 g/mol. The Bertz CT molecular complexity index is 228. The van der Waals surface area contributed by atoms with Crippen LogP contribution < -0.4 is 5.32 Å². The number of nitrogens with zero attached hydrogens (tertiary/aromatic N) is 1. The molecule has 2 rings (SSSR count). The highest BCUT2D eigenvalue weighted by Gasteiger charge is 2.37. The summed E-state index contributed by atoms with van der Waals surface area (Å²) in [6.07, 6.45) is 5.71. The molecular weight excluding hydrogens is 188 g/mol. The lowest BCUT2D eigenvalue weighted by molar-refractivity contribution is -0.134. The quantitative estimate of drug-likeness (QED) is 0.709. The molecule has 0 saturated carbocycles. The van der Waals surface area contributed by atoms with E-state index in [0.29, 0.717) is 17.7 Å². The summed E-state index contributed by atoms with van der Waals surface area (Å²) in [5, 5.41) is 3.48. The number of hydrogen-bond acceptors (Lipinski definition) is 2. The smallest absolute Gasteiger partial charge is 0.222 e.